The molecule has 1 N–H and O–H groups in total. The number of hydrogen-bond donors (Lipinski definition) is 1. The van der Waals surface area contributed by atoms with Crippen molar-refractivity contribution >= 4 is 5.78 Å². The van der Waals surface area contributed by atoms with Gasteiger partial charge in [-0.25, -0.2) is 8.78 Å². The minimum Gasteiger partial charge on any atom is -0.302 e. The molecule has 120 valence electrons. The zero-order valence-electron chi connectivity index (χ0n) is 13.1. The zero-order chi connectivity index (χ0) is 16.6. The van der Waals surface area contributed by atoms with Crippen LogP contribution in [0.25, 0.3) is 0 Å². The standard InChI is InChI=1S/C19H19F2NO/c1-11-17(13-3-7-15(20)8-4-13)22-18(12(2)19(11)23)14-5-9-16(21)10-6-14/h3-12,17-18,22H,1-2H3/t11-,12+,17-,18+. The summed E-state index contributed by atoms with van der Waals surface area (Å²) >= 11 is 0. The van der Waals surface area contributed by atoms with Gasteiger partial charge in [-0.1, -0.05) is 38.1 Å². The molecule has 1 heterocycles. The molecule has 4 heteroatoms. The van der Waals surface area contributed by atoms with Crippen molar-refractivity contribution in [1.82, 2.24) is 5.32 Å². The molecule has 0 saturated carbocycles. The third kappa shape index (κ3) is 3.04. The van der Waals surface area contributed by atoms with E-state index in [-0.39, 0.29) is 41.3 Å². The minimum absolute atomic E-state index is 0.160. The van der Waals surface area contributed by atoms with Gasteiger partial charge in [0.05, 0.1) is 0 Å². The van der Waals surface area contributed by atoms with Gasteiger partial charge in [-0.05, 0) is 35.4 Å². The Morgan fingerprint density at radius 1 is 0.739 bits per heavy atom. The second kappa shape index (κ2) is 6.20. The normalized spacial score (nSPS) is 27.9. The van der Waals surface area contributed by atoms with Crippen LogP contribution >= 0.6 is 0 Å². The summed E-state index contributed by atoms with van der Waals surface area (Å²) in [4.78, 5) is 12.6. The summed E-state index contributed by atoms with van der Waals surface area (Å²) in [5, 5.41) is 3.49. The zero-order valence-corrected chi connectivity index (χ0v) is 13.1. The van der Waals surface area contributed by atoms with E-state index in [9.17, 15) is 13.6 Å². The van der Waals surface area contributed by atoms with E-state index in [0.29, 0.717) is 0 Å². The molecule has 2 aromatic rings. The van der Waals surface area contributed by atoms with E-state index in [1.807, 2.05) is 13.8 Å². The summed E-state index contributed by atoms with van der Waals surface area (Å²) in [5.74, 6) is -0.842. The number of halogens is 2. The highest BCUT2D eigenvalue weighted by Crippen LogP contribution is 2.38. The molecule has 4 atom stereocenters. The van der Waals surface area contributed by atoms with Crippen LogP contribution in [0.2, 0.25) is 0 Å². The SMILES string of the molecule is C[C@@H]1C(=O)[C@H](C)[C@H](c2ccc(F)cc2)N[C@@H]1c1ccc(F)cc1. The van der Waals surface area contributed by atoms with E-state index >= 15 is 0 Å². The maximum atomic E-state index is 13.1. The van der Waals surface area contributed by atoms with Gasteiger partial charge in [-0.2, -0.15) is 0 Å². The van der Waals surface area contributed by atoms with Crippen LogP contribution < -0.4 is 5.32 Å². The van der Waals surface area contributed by atoms with Gasteiger partial charge in [-0.15, -0.1) is 0 Å². The summed E-state index contributed by atoms with van der Waals surface area (Å²) in [7, 11) is 0. The van der Waals surface area contributed by atoms with Crippen LogP contribution in [0.4, 0.5) is 8.78 Å². The number of hydrogen-bond acceptors (Lipinski definition) is 2. The Balaban J connectivity index is 1.94. The van der Waals surface area contributed by atoms with Crippen LogP contribution in [0.3, 0.4) is 0 Å². The highest BCUT2D eigenvalue weighted by Gasteiger charge is 2.40. The van der Waals surface area contributed by atoms with E-state index in [1.54, 1.807) is 24.3 Å². The predicted octanol–water partition coefficient (Wildman–Crippen LogP) is 4.19. The summed E-state index contributed by atoms with van der Waals surface area (Å²) in [6.07, 6.45) is 0. The molecule has 1 saturated heterocycles. The summed E-state index contributed by atoms with van der Waals surface area (Å²) < 4.78 is 26.3. The smallest absolute Gasteiger partial charge is 0.142 e. The Bertz CT molecular complexity index is 637. The number of rotatable bonds is 2. The summed E-state index contributed by atoms with van der Waals surface area (Å²) in [6.45, 7) is 3.78. The van der Waals surface area contributed by atoms with Crippen LogP contribution in [0, 0.1) is 23.5 Å². The molecule has 0 unspecified atom stereocenters. The van der Waals surface area contributed by atoms with E-state index in [0.717, 1.165) is 11.1 Å². The Kier molecular flexibility index (Phi) is 4.26. The topological polar surface area (TPSA) is 29.1 Å². The highest BCUT2D eigenvalue weighted by atomic mass is 19.1. The fourth-order valence-electron chi connectivity index (χ4n) is 3.34. The fourth-order valence-corrected chi connectivity index (χ4v) is 3.34. The van der Waals surface area contributed by atoms with Gasteiger partial charge in [0.25, 0.3) is 0 Å². The lowest BCUT2D eigenvalue weighted by Crippen LogP contribution is -2.46. The lowest BCUT2D eigenvalue weighted by atomic mass is 9.76. The molecule has 23 heavy (non-hydrogen) atoms. The van der Waals surface area contributed by atoms with E-state index < -0.39 is 0 Å². The molecule has 0 radical (unpaired) electrons. The third-order valence-corrected chi connectivity index (χ3v) is 4.71. The molecular weight excluding hydrogens is 296 g/mol. The molecule has 1 aliphatic rings. The first kappa shape index (κ1) is 15.8. The monoisotopic (exact) mass is 315 g/mol. The number of benzene rings is 2. The molecular formula is C19H19F2NO. The van der Waals surface area contributed by atoms with Gasteiger partial charge in [0.1, 0.15) is 17.4 Å². The van der Waals surface area contributed by atoms with Gasteiger partial charge in [-0.3, -0.25) is 4.79 Å². The maximum Gasteiger partial charge on any atom is 0.142 e. The van der Waals surface area contributed by atoms with E-state index in [1.165, 1.54) is 24.3 Å². The minimum atomic E-state index is -0.299. The average Bonchev–Trinajstić information content (AvgIpc) is 2.55. The van der Waals surface area contributed by atoms with Crippen molar-refractivity contribution in [3.8, 4) is 0 Å². The Morgan fingerprint density at radius 3 is 1.43 bits per heavy atom. The quantitative estimate of drug-likeness (QED) is 0.900. The third-order valence-electron chi connectivity index (χ3n) is 4.71. The summed E-state index contributed by atoms with van der Waals surface area (Å²) in [5.41, 5.74) is 1.76. The second-order valence-electron chi connectivity index (χ2n) is 6.20. The average molecular weight is 315 g/mol. The molecule has 0 aliphatic carbocycles. The predicted molar refractivity (Wildman–Crippen MR) is 84.8 cm³/mol. The highest BCUT2D eigenvalue weighted by molar-refractivity contribution is 5.85. The van der Waals surface area contributed by atoms with Crippen molar-refractivity contribution in [3.63, 3.8) is 0 Å². The Labute approximate surface area is 134 Å². The Morgan fingerprint density at radius 2 is 1.09 bits per heavy atom. The number of nitrogens with one attached hydrogen (secondary N) is 1. The van der Waals surface area contributed by atoms with E-state index in [2.05, 4.69) is 5.32 Å². The first-order chi connectivity index (χ1) is 11.0. The van der Waals surface area contributed by atoms with Crippen molar-refractivity contribution in [1.29, 1.82) is 0 Å². The van der Waals surface area contributed by atoms with Crippen molar-refractivity contribution in [2.24, 2.45) is 11.8 Å². The number of piperidine rings is 1. The van der Waals surface area contributed by atoms with Gasteiger partial charge >= 0.3 is 0 Å². The Hall–Kier alpha value is -2.07. The molecule has 1 fully saturated rings. The maximum absolute atomic E-state index is 13.1. The van der Waals surface area contributed by atoms with Crippen molar-refractivity contribution in [2.45, 2.75) is 25.9 Å². The largest absolute Gasteiger partial charge is 0.302 e. The van der Waals surface area contributed by atoms with Crippen molar-refractivity contribution < 1.29 is 13.6 Å². The first-order valence-corrected chi connectivity index (χ1v) is 7.78. The molecule has 0 bridgehead atoms. The molecule has 0 aromatic heterocycles. The molecule has 0 spiro atoms. The molecule has 2 aromatic carbocycles. The lowest BCUT2D eigenvalue weighted by Gasteiger charge is -2.39. The fraction of sp³-hybridized carbons (Fsp3) is 0.316. The van der Waals surface area contributed by atoms with Crippen LogP contribution in [-0.2, 0) is 4.79 Å². The number of ketones is 1. The van der Waals surface area contributed by atoms with Crippen LogP contribution in [0.5, 0.6) is 0 Å². The van der Waals surface area contributed by atoms with Gasteiger partial charge < -0.3 is 5.32 Å². The van der Waals surface area contributed by atoms with Crippen molar-refractivity contribution in [3.05, 3.63) is 71.3 Å². The van der Waals surface area contributed by atoms with E-state index in [4.69, 9.17) is 0 Å². The van der Waals surface area contributed by atoms with Crippen LogP contribution in [0.15, 0.2) is 48.5 Å². The van der Waals surface area contributed by atoms with Gasteiger partial charge in [0.2, 0.25) is 0 Å². The van der Waals surface area contributed by atoms with Crippen LogP contribution in [-0.4, -0.2) is 5.78 Å². The molecule has 0 amide bonds. The van der Waals surface area contributed by atoms with Gasteiger partial charge in [0.15, 0.2) is 0 Å². The number of carbonyl (C=O) groups is 1. The first-order valence-electron chi connectivity index (χ1n) is 7.78. The molecule has 2 nitrogen and oxygen atoms in total. The van der Waals surface area contributed by atoms with Gasteiger partial charge in [0, 0.05) is 23.9 Å². The number of carbonyl (C=O) groups excluding carboxylic acids is 1. The van der Waals surface area contributed by atoms with Crippen LogP contribution in [0.1, 0.15) is 37.1 Å². The molecule has 3 rings (SSSR count). The lowest BCUT2D eigenvalue weighted by molar-refractivity contribution is -0.130. The number of Topliss-reactive ketones (excluding diaryl/α,β-unsaturated/α-hetero) is 1. The second-order valence-corrected chi connectivity index (χ2v) is 6.20. The van der Waals surface area contributed by atoms with Crippen molar-refractivity contribution in [2.75, 3.05) is 0 Å². The summed E-state index contributed by atoms with van der Waals surface area (Å²) in [6, 6.07) is 12.0. The molecule has 1 aliphatic heterocycles.